The van der Waals surface area contributed by atoms with Gasteiger partial charge in [0.15, 0.2) is 0 Å². The van der Waals surface area contributed by atoms with Crippen LogP contribution in [-0.4, -0.2) is 29.9 Å². The van der Waals surface area contributed by atoms with Crippen LogP contribution in [0.25, 0.3) is 76.5 Å². The van der Waals surface area contributed by atoms with Gasteiger partial charge in [-0.25, -0.2) is 9.97 Å². The number of aromatic nitrogens is 6. The Bertz CT molecular complexity index is 2120. The third kappa shape index (κ3) is 3.22. The summed E-state index contributed by atoms with van der Waals surface area (Å²) in [6, 6.07) is 21.6. The van der Waals surface area contributed by atoms with Crippen molar-refractivity contribution in [2.75, 3.05) is 0 Å². The van der Waals surface area contributed by atoms with E-state index in [1.807, 2.05) is 24.5 Å². The van der Waals surface area contributed by atoms with Crippen LogP contribution in [0.2, 0.25) is 0 Å². The Hall–Kier alpha value is -4.84. The number of imidazole rings is 2. The molecule has 8 aromatic rings. The molecule has 40 heavy (non-hydrogen) atoms. The molecular formula is C34H28N6. The van der Waals surface area contributed by atoms with Crippen molar-refractivity contribution in [1.29, 1.82) is 0 Å². The van der Waals surface area contributed by atoms with Gasteiger partial charge in [0.2, 0.25) is 0 Å². The molecule has 0 saturated carbocycles. The van der Waals surface area contributed by atoms with E-state index in [2.05, 4.69) is 86.2 Å². The minimum absolute atomic E-state index is 0.312. The van der Waals surface area contributed by atoms with Crippen molar-refractivity contribution in [2.24, 2.45) is 0 Å². The Labute approximate surface area is 230 Å². The predicted octanol–water partition coefficient (Wildman–Crippen LogP) is 8.76. The van der Waals surface area contributed by atoms with E-state index in [0.717, 1.165) is 88.2 Å². The Balaban J connectivity index is 1.41. The molecule has 4 aromatic carbocycles. The van der Waals surface area contributed by atoms with Crippen molar-refractivity contribution >= 4 is 65.4 Å². The van der Waals surface area contributed by atoms with E-state index in [-0.39, 0.29) is 0 Å². The van der Waals surface area contributed by atoms with Crippen LogP contribution in [0.15, 0.2) is 73.1 Å². The first-order valence-corrected chi connectivity index (χ1v) is 13.9. The normalized spacial score (nSPS) is 12.4. The molecule has 0 aliphatic heterocycles. The number of fused-ring (bicyclic) bond motifs is 12. The standard InChI is InChI=1S/C34H28N6/c1-17(2)33-37-29-21-11-9-19(15-25(21)27-23(31(29)39-33)7-5-13-35-27)20-10-12-22-26(16-20)28-24(8-6-14-36-28)32-30(22)38-34(40-32)18(3)4/h5-18H,1-4H3,(H,37,39)(H,38,40). The SMILES string of the molecule is CC(C)c1nc2c3cccnc3c3cc(-c4ccc5c(c4)c4ncccc4c4nc(C(C)C)[nH]c54)ccc3c2[nH]1. The maximum atomic E-state index is 4.96. The molecule has 0 atom stereocenters. The minimum Gasteiger partial charge on any atom is -0.341 e. The number of nitrogens with zero attached hydrogens (tertiary/aromatic N) is 4. The predicted molar refractivity (Wildman–Crippen MR) is 165 cm³/mol. The molecule has 0 saturated heterocycles. The summed E-state index contributed by atoms with van der Waals surface area (Å²) in [5, 5.41) is 6.65. The Morgan fingerprint density at radius 3 is 1.38 bits per heavy atom. The number of pyridine rings is 2. The topological polar surface area (TPSA) is 83.1 Å². The fourth-order valence-electron chi connectivity index (χ4n) is 6.01. The van der Waals surface area contributed by atoms with E-state index in [4.69, 9.17) is 19.9 Å². The lowest BCUT2D eigenvalue weighted by atomic mass is 9.95. The molecule has 2 N–H and O–H groups in total. The summed E-state index contributed by atoms with van der Waals surface area (Å²) in [7, 11) is 0. The summed E-state index contributed by atoms with van der Waals surface area (Å²) in [6.45, 7) is 8.66. The van der Waals surface area contributed by atoms with Crippen LogP contribution in [0, 0.1) is 0 Å². The first-order valence-electron chi connectivity index (χ1n) is 13.9. The smallest absolute Gasteiger partial charge is 0.109 e. The first kappa shape index (κ1) is 23.1. The summed E-state index contributed by atoms with van der Waals surface area (Å²) in [4.78, 5) is 26.8. The summed E-state index contributed by atoms with van der Waals surface area (Å²) in [6.07, 6.45) is 3.73. The second-order valence-corrected chi connectivity index (χ2v) is 11.3. The van der Waals surface area contributed by atoms with Gasteiger partial charge in [-0.05, 0) is 47.5 Å². The molecule has 0 amide bonds. The third-order valence-electron chi connectivity index (χ3n) is 8.09. The number of benzene rings is 4. The van der Waals surface area contributed by atoms with Crippen LogP contribution in [0.4, 0.5) is 0 Å². The molecule has 0 fully saturated rings. The molecule has 0 aliphatic carbocycles. The molecule has 0 radical (unpaired) electrons. The van der Waals surface area contributed by atoms with E-state index in [1.54, 1.807) is 0 Å². The van der Waals surface area contributed by atoms with Crippen LogP contribution in [-0.2, 0) is 0 Å². The number of rotatable bonds is 3. The molecular weight excluding hydrogens is 492 g/mol. The highest BCUT2D eigenvalue weighted by atomic mass is 14.9. The summed E-state index contributed by atoms with van der Waals surface area (Å²) in [5.74, 6) is 2.62. The van der Waals surface area contributed by atoms with Gasteiger partial charge in [-0.3, -0.25) is 9.97 Å². The zero-order valence-corrected chi connectivity index (χ0v) is 22.9. The zero-order valence-electron chi connectivity index (χ0n) is 22.9. The number of nitrogens with one attached hydrogen (secondary N) is 2. The fraction of sp³-hybridized carbons (Fsp3) is 0.176. The van der Waals surface area contributed by atoms with Crippen LogP contribution < -0.4 is 0 Å². The van der Waals surface area contributed by atoms with Crippen molar-refractivity contribution < 1.29 is 0 Å². The van der Waals surface area contributed by atoms with Gasteiger partial charge in [-0.15, -0.1) is 0 Å². The zero-order chi connectivity index (χ0) is 27.1. The summed E-state index contributed by atoms with van der Waals surface area (Å²) < 4.78 is 0. The van der Waals surface area contributed by atoms with Crippen LogP contribution in [0.1, 0.15) is 51.2 Å². The quantitative estimate of drug-likeness (QED) is 0.228. The number of hydrogen-bond donors (Lipinski definition) is 2. The maximum Gasteiger partial charge on any atom is 0.109 e. The second-order valence-electron chi connectivity index (χ2n) is 11.3. The van der Waals surface area contributed by atoms with Crippen LogP contribution >= 0.6 is 0 Å². The first-order chi connectivity index (χ1) is 19.5. The van der Waals surface area contributed by atoms with E-state index in [1.165, 1.54) is 0 Å². The average molecular weight is 521 g/mol. The molecule has 6 heteroatoms. The summed E-state index contributed by atoms with van der Waals surface area (Å²) >= 11 is 0. The van der Waals surface area contributed by atoms with E-state index in [0.29, 0.717) is 11.8 Å². The van der Waals surface area contributed by atoms with Gasteiger partial charge in [-0.2, -0.15) is 0 Å². The van der Waals surface area contributed by atoms with Gasteiger partial charge in [0.25, 0.3) is 0 Å². The molecule has 6 nitrogen and oxygen atoms in total. The molecule has 0 aliphatic rings. The number of aromatic amines is 2. The molecule has 0 bridgehead atoms. The highest BCUT2D eigenvalue weighted by molar-refractivity contribution is 6.24. The largest absolute Gasteiger partial charge is 0.341 e. The second kappa shape index (κ2) is 8.33. The average Bonchev–Trinajstić information content (AvgIpc) is 3.64. The van der Waals surface area contributed by atoms with Gasteiger partial charge < -0.3 is 9.97 Å². The summed E-state index contributed by atoms with van der Waals surface area (Å²) in [5.41, 5.74) is 8.34. The van der Waals surface area contributed by atoms with Gasteiger partial charge >= 0.3 is 0 Å². The molecule has 4 aromatic heterocycles. The van der Waals surface area contributed by atoms with E-state index < -0.39 is 0 Å². The maximum absolute atomic E-state index is 4.96. The van der Waals surface area contributed by atoms with Gasteiger partial charge in [0.1, 0.15) is 11.6 Å². The Kier molecular flexibility index (Phi) is 4.81. The van der Waals surface area contributed by atoms with Gasteiger partial charge in [0, 0.05) is 56.5 Å². The molecule has 4 heterocycles. The highest BCUT2D eigenvalue weighted by Gasteiger charge is 2.18. The highest BCUT2D eigenvalue weighted by Crippen LogP contribution is 2.39. The van der Waals surface area contributed by atoms with Crippen LogP contribution in [0.3, 0.4) is 0 Å². The molecule has 0 unspecified atom stereocenters. The third-order valence-corrected chi connectivity index (χ3v) is 8.09. The van der Waals surface area contributed by atoms with Gasteiger partial charge in [0.05, 0.1) is 33.1 Å². The van der Waals surface area contributed by atoms with Crippen molar-refractivity contribution in [2.45, 2.75) is 39.5 Å². The van der Waals surface area contributed by atoms with Crippen LogP contribution in [0.5, 0.6) is 0 Å². The molecule has 8 rings (SSSR count). The lowest BCUT2D eigenvalue weighted by Crippen LogP contribution is -1.88. The molecule has 0 spiro atoms. The Morgan fingerprint density at radius 1 is 0.500 bits per heavy atom. The lowest BCUT2D eigenvalue weighted by Gasteiger charge is -2.10. The number of hydrogen-bond acceptors (Lipinski definition) is 4. The molecule has 194 valence electrons. The Morgan fingerprint density at radius 2 is 0.950 bits per heavy atom. The number of H-pyrrole nitrogens is 2. The van der Waals surface area contributed by atoms with E-state index in [9.17, 15) is 0 Å². The van der Waals surface area contributed by atoms with Crippen molar-refractivity contribution in [3.8, 4) is 11.1 Å². The van der Waals surface area contributed by atoms with Crippen molar-refractivity contribution in [1.82, 2.24) is 29.9 Å². The van der Waals surface area contributed by atoms with Crippen molar-refractivity contribution in [3.05, 3.63) is 84.7 Å². The minimum atomic E-state index is 0.312. The van der Waals surface area contributed by atoms with Gasteiger partial charge in [-0.1, -0.05) is 52.0 Å². The fourth-order valence-corrected chi connectivity index (χ4v) is 6.01. The van der Waals surface area contributed by atoms with E-state index >= 15 is 0 Å². The van der Waals surface area contributed by atoms with Crippen molar-refractivity contribution in [3.63, 3.8) is 0 Å². The monoisotopic (exact) mass is 520 g/mol. The lowest BCUT2D eigenvalue weighted by molar-refractivity contribution is 0.799.